The third-order valence-electron chi connectivity index (χ3n) is 2.80. The predicted octanol–water partition coefficient (Wildman–Crippen LogP) is 0.828. The fourth-order valence-corrected chi connectivity index (χ4v) is 1.70. The van der Waals surface area contributed by atoms with E-state index in [4.69, 9.17) is 4.74 Å². The van der Waals surface area contributed by atoms with Crippen molar-refractivity contribution < 1.29 is 19.1 Å². The third kappa shape index (κ3) is 5.64. The number of rotatable bonds is 7. The van der Waals surface area contributed by atoms with Gasteiger partial charge in [-0.2, -0.15) is 0 Å². The highest BCUT2D eigenvalue weighted by Crippen LogP contribution is 1.98. The molecule has 0 aliphatic heterocycles. The number of nitrogens with zero attached hydrogens (tertiary/aromatic N) is 1. The summed E-state index contributed by atoms with van der Waals surface area (Å²) in [7, 11) is 0. The Hall–Kier alpha value is -2.37. The Morgan fingerprint density at radius 3 is 2.38 bits per heavy atom. The molecule has 0 aromatic heterocycles. The molecule has 0 heterocycles. The molecule has 0 radical (unpaired) electrons. The monoisotopic (exact) mass is 292 g/mol. The van der Waals surface area contributed by atoms with E-state index < -0.39 is 5.97 Å². The van der Waals surface area contributed by atoms with Crippen molar-refractivity contribution in [1.82, 2.24) is 10.2 Å². The minimum absolute atomic E-state index is 0.107. The quantitative estimate of drug-likeness (QED) is 0.755. The first-order chi connectivity index (χ1) is 10.1. The minimum Gasteiger partial charge on any atom is -0.465 e. The molecule has 2 amide bonds. The zero-order chi connectivity index (χ0) is 15.7. The number of hydrogen-bond donors (Lipinski definition) is 1. The molecule has 0 saturated carbocycles. The summed E-state index contributed by atoms with van der Waals surface area (Å²) >= 11 is 0. The smallest absolute Gasteiger partial charge is 0.325 e. The van der Waals surface area contributed by atoms with Crippen LogP contribution in [0, 0.1) is 0 Å². The van der Waals surface area contributed by atoms with Crippen LogP contribution in [-0.4, -0.2) is 48.9 Å². The van der Waals surface area contributed by atoms with E-state index in [0.29, 0.717) is 12.1 Å². The molecule has 0 aliphatic carbocycles. The second-order valence-electron chi connectivity index (χ2n) is 4.26. The highest BCUT2D eigenvalue weighted by atomic mass is 16.5. The van der Waals surface area contributed by atoms with Crippen LogP contribution in [0.2, 0.25) is 0 Å². The van der Waals surface area contributed by atoms with Gasteiger partial charge in [-0.15, -0.1) is 0 Å². The van der Waals surface area contributed by atoms with Crippen molar-refractivity contribution >= 4 is 17.8 Å². The zero-order valence-corrected chi connectivity index (χ0v) is 12.3. The molecule has 6 nitrogen and oxygen atoms in total. The van der Waals surface area contributed by atoms with Crippen molar-refractivity contribution in [2.45, 2.75) is 13.8 Å². The molecule has 1 rings (SSSR count). The van der Waals surface area contributed by atoms with E-state index in [2.05, 4.69) is 5.32 Å². The predicted molar refractivity (Wildman–Crippen MR) is 77.7 cm³/mol. The summed E-state index contributed by atoms with van der Waals surface area (Å²) in [5.74, 6) is -1.10. The lowest BCUT2D eigenvalue weighted by Crippen LogP contribution is -2.42. The summed E-state index contributed by atoms with van der Waals surface area (Å²) in [6, 6.07) is 8.62. The summed E-state index contributed by atoms with van der Waals surface area (Å²) in [4.78, 5) is 36.5. The van der Waals surface area contributed by atoms with Crippen LogP contribution in [0.25, 0.3) is 0 Å². The Kier molecular flexibility index (Phi) is 6.94. The lowest BCUT2D eigenvalue weighted by molar-refractivity contribution is -0.148. The van der Waals surface area contributed by atoms with E-state index in [0.717, 1.165) is 0 Å². The van der Waals surface area contributed by atoms with Crippen LogP contribution in [0.15, 0.2) is 30.3 Å². The first kappa shape index (κ1) is 16.7. The molecule has 0 fully saturated rings. The van der Waals surface area contributed by atoms with Crippen LogP contribution in [-0.2, 0) is 14.3 Å². The Labute approximate surface area is 124 Å². The van der Waals surface area contributed by atoms with Crippen LogP contribution < -0.4 is 5.32 Å². The van der Waals surface area contributed by atoms with Gasteiger partial charge < -0.3 is 15.0 Å². The number of carbonyl (C=O) groups excluding carboxylic acids is 3. The lowest BCUT2D eigenvalue weighted by atomic mass is 10.2. The molecule has 1 aromatic carbocycles. The Bertz CT molecular complexity index is 488. The minimum atomic E-state index is -0.456. The molecule has 0 saturated heterocycles. The largest absolute Gasteiger partial charge is 0.465 e. The molecule has 0 unspecified atom stereocenters. The van der Waals surface area contributed by atoms with Gasteiger partial charge in [0.15, 0.2) is 0 Å². The second-order valence-corrected chi connectivity index (χ2v) is 4.26. The van der Waals surface area contributed by atoms with Crippen molar-refractivity contribution in [3.05, 3.63) is 35.9 Å². The van der Waals surface area contributed by atoms with Crippen molar-refractivity contribution in [2.24, 2.45) is 0 Å². The molecule has 21 heavy (non-hydrogen) atoms. The van der Waals surface area contributed by atoms with Crippen LogP contribution in [0.4, 0.5) is 0 Å². The fraction of sp³-hybridized carbons (Fsp3) is 0.400. The lowest BCUT2D eigenvalue weighted by Gasteiger charge is -2.19. The van der Waals surface area contributed by atoms with E-state index >= 15 is 0 Å². The van der Waals surface area contributed by atoms with E-state index in [1.165, 1.54) is 4.90 Å². The fourth-order valence-electron chi connectivity index (χ4n) is 1.70. The number of carbonyl (C=O) groups is 3. The number of ether oxygens (including phenoxy) is 1. The first-order valence-electron chi connectivity index (χ1n) is 6.85. The second kappa shape index (κ2) is 8.73. The Balaban J connectivity index is 2.47. The van der Waals surface area contributed by atoms with Gasteiger partial charge in [-0.1, -0.05) is 18.2 Å². The number of likely N-dealkylation sites (N-methyl/N-ethyl adjacent to an activating group) is 1. The van der Waals surface area contributed by atoms with Crippen molar-refractivity contribution in [3.8, 4) is 0 Å². The summed E-state index contributed by atoms with van der Waals surface area (Å²) in [6.07, 6.45) is 0. The maximum absolute atomic E-state index is 12.0. The molecule has 6 heteroatoms. The third-order valence-corrected chi connectivity index (χ3v) is 2.80. The average Bonchev–Trinajstić information content (AvgIpc) is 2.51. The van der Waals surface area contributed by atoms with E-state index in [1.54, 1.807) is 44.2 Å². The van der Waals surface area contributed by atoms with Gasteiger partial charge in [-0.25, -0.2) is 0 Å². The van der Waals surface area contributed by atoms with Gasteiger partial charge in [0.2, 0.25) is 5.91 Å². The van der Waals surface area contributed by atoms with Gasteiger partial charge in [-0.3, -0.25) is 14.4 Å². The molecule has 0 aliphatic rings. The van der Waals surface area contributed by atoms with E-state index in [-0.39, 0.29) is 31.5 Å². The highest BCUT2D eigenvalue weighted by molar-refractivity contribution is 5.96. The summed E-state index contributed by atoms with van der Waals surface area (Å²) in [5, 5.41) is 2.54. The van der Waals surface area contributed by atoms with Crippen LogP contribution in [0.3, 0.4) is 0 Å². The Morgan fingerprint density at radius 2 is 1.81 bits per heavy atom. The molecule has 0 spiro atoms. The standard InChI is InChI=1S/C15H20N2O4/c1-3-17(11-14(19)21-4-2)13(18)10-16-15(20)12-8-6-5-7-9-12/h5-9H,3-4,10-11H2,1-2H3,(H,16,20). The number of hydrogen-bond acceptors (Lipinski definition) is 4. The van der Waals surface area contributed by atoms with Crippen LogP contribution in [0.5, 0.6) is 0 Å². The zero-order valence-electron chi connectivity index (χ0n) is 12.3. The van der Waals surface area contributed by atoms with E-state index in [1.807, 2.05) is 0 Å². The van der Waals surface area contributed by atoms with Gasteiger partial charge in [0.1, 0.15) is 6.54 Å². The first-order valence-corrected chi connectivity index (χ1v) is 6.85. The molecule has 1 N–H and O–H groups in total. The molecular formula is C15H20N2O4. The van der Waals surface area contributed by atoms with Crippen LogP contribution in [0.1, 0.15) is 24.2 Å². The molecule has 114 valence electrons. The average molecular weight is 292 g/mol. The summed E-state index contributed by atoms with van der Waals surface area (Å²) in [5.41, 5.74) is 0.485. The van der Waals surface area contributed by atoms with Gasteiger partial charge in [0.05, 0.1) is 13.2 Å². The van der Waals surface area contributed by atoms with E-state index in [9.17, 15) is 14.4 Å². The normalized spacial score (nSPS) is 9.81. The summed E-state index contributed by atoms with van der Waals surface area (Å²) in [6.45, 7) is 3.85. The van der Waals surface area contributed by atoms with Gasteiger partial charge >= 0.3 is 5.97 Å². The highest BCUT2D eigenvalue weighted by Gasteiger charge is 2.17. The Morgan fingerprint density at radius 1 is 1.14 bits per heavy atom. The maximum Gasteiger partial charge on any atom is 0.325 e. The molecule has 1 aromatic rings. The van der Waals surface area contributed by atoms with Crippen LogP contribution >= 0.6 is 0 Å². The number of nitrogens with one attached hydrogen (secondary N) is 1. The van der Waals surface area contributed by atoms with Crippen molar-refractivity contribution in [2.75, 3.05) is 26.2 Å². The topological polar surface area (TPSA) is 75.7 Å². The van der Waals surface area contributed by atoms with Crippen molar-refractivity contribution in [3.63, 3.8) is 0 Å². The maximum atomic E-state index is 12.0. The molecule has 0 atom stereocenters. The number of benzene rings is 1. The summed E-state index contributed by atoms with van der Waals surface area (Å²) < 4.78 is 4.80. The van der Waals surface area contributed by atoms with Crippen molar-refractivity contribution in [1.29, 1.82) is 0 Å². The number of amides is 2. The number of esters is 1. The molecule has 0 bridgehead atoms. The SMILES string of the molecule is CCOC(=O)CN(CC)C(=O)CNC(=O)c1ccccc1. The van der Waals surface area contributed by atoms with Gasteiger partial charge in [0, 0.05) is 12.1 Å². The van der Waals surface area contributed by atoms with Gasteiger partial charge in [-0.05, 0) is 26.0 Å². The molecular weight excluding hydrogens is 272 g/mol. The van der Waals surface area contributed by atoms with Gasteiger partial charge in [0.25, 0.3) is 5.91 Å².